The second kappa shape index (κ2) is 11.2. The summed E-state index contributed by atoms with van der Waals surface area (Å²) in [7, 11) is 0. The number of hydrogen-bond donors (Lipinski definition) is 5. The Morgan fingerprint density at radius 1 is 1.48 bits per heavy atom. The van der Waals surface area contributed by atoms with E-state index in [1.807, 2.05) is 0 Å². The summed E-state index contributed by atoms with van der Waals surface area (Å²) in [5, 5.41) is 10.6. The van der Waals surface area contributed by atoms with E-state index < -0.39 is 18.1 Å². The van der Waals surface area contributed by atoms with Gasteiger partial charge in [0.15, 0.2) is 5.96 Å². The molecule has 0 spiro atoms. The highest BCUT2D eigenvalue weighted by atomic mass is 16.5. The van der Waals surface area contributed by atoms with Gasteiger partial charge in [-0.1, -0.05) is 0 Å². The van der Waals surface area contributed by atoms with Crippen molar-refractivity contribution in [1.82, 2.24) is 5.32 Å². The molecule has 0 saturated carbocycles. The number of aliphatic imine (C=N–C) groups is 1. The zero-order chi connectivity index (χ0) is 17.8. The molecule has 1 heterocycles. The molecule has 10 nitrogen and oxygen atoms in total. The highest BCUT2D eigenvalue weighted by Gasteiger charge is 2.26. The molecule has 0 unspecified atom stereocenters. The second-order valence-electron chi connectivity index (χ2n) is 4.80. The maximum atomic E-state index is 11.0. The average molecular weight is 331 g/mol. The van der Waals surface area contributed by atoms with E-state index in [4.69, 9.17) is 27.0 Å². The molecule has 0 radical (unpaired) electrons. The van der Waals surface area contributed by atoms with E-state index in [1.54, 1.807) is 6.92 Å². The fraction of sp³-hybridized carbons (Fsp3) is 0.692. The molecule has 132 valence electrons. The predicted molar refractivity (Wildman–Crippen MR) is 83.3 cm³/mol. The van der Waals surface area contributed by atoms with E-state index in [0.29, 0.717) is 38.8 Å². The molecule has 1 aliphatic heterocycles. The minimum atomic E-state index is -0.944. The summed E-state index contributed by atoms with van der Waals surface area (Å²) in [4.78, 5) is 35.3. The Morgan fingerprint density at radius 3 is 2.52 bits per heavy atom. The lowest BCUT2D eigenvalue weighted by molar-refractivity contribution is -0.144. The van der Waals surface area contributed by atoms with Crippen LogP contribution in [0, 0.1) is 0 Å². The zero-order valence-corrected chi connectivity index (χ0v) is 13.2. The van der Waals surface area contributed by atoms with Gasteiger partial charge in [-0.25, -0.2) is 4.79 Å². The monoisotopic (exact) mass is 331 g/mol. The van der Waals surface area contributed by atoms with Crippen LogP contribution in [0.15, 0.2) is 4.99 Å². The molecule has 2 atom stereocenters. The van der Waals surface area contributed by atoms with Gasteiger partial charge in [0, 0.05) is 13.0 Å². The molecule has 8 N–H and O–H groups in total. The molecule has 10 heteroatoms. The minimum absolute atomic E-state index is 0.0507. The number of hydrogen-bond acceptors (Lipinski definition) is 6. The van der Waals surface area contributed by atoms with Gasteiger partial charge < -0.3 is 32.4 Å². The molecular weight excluding hydrogens is 306 g/mol. The number of ether oxygens (including phenoxy) is 1. The van der Waals surface area contributed by atoms with Crippen LogP contribution in [0.4, 0.5) is 0 Å². The molecule has 1 fully saturated rings. The standard InChI is InChI=1S/C8H18N4O2.C5H7NO3/c1-2-14-7(13)6(9)4-3-5-12-8(10)11;7-4-2-1-3(6-4)5(8)9/h6H,2-5,9H2,1H3,(H4,10,11,12);3H,1-2H2,(H,6,7)(H,8,9)/t6-;3-/m00/s1. The first-order chi connectivity index (χ1) is 10.8. The van der Waals surface area contributed by atoms with Crippen LogP contribution in [0.1, 0.15) is 32.6 Å². The number of carboxylic acids is 1. The van der Waals surface area contributed by atoms with Gasteiger partial charge in [-0.2, -0.15) is 0 Å². The number of amides is 1. The number of carbonyl (C=O) groups excluding carboxylic acids is 2. The van der Waals surface area contributed by atoms with Crippen LogP contribution >= 0.6 is 0 Å². The molecule has 0 aromatic rings. The number of guanidine groups is 1. The number of carbonyl (C=O) groups is 3. The van der Waals surface area contributed by atoms with Crippen molar-refractivity contribution in [2.24, 2.45) is 22.2 Å². The summed E-state index contributed by atoms with van der Waals surface area (Å²) in [5.41, 5.74) is 15.8. The smallest absolute Gasteiger partial charge is 0.326 e. The topological polar surface area (TPSA) is 183 Å². The van der Waals surface area contributed by atoms with Crippen LogP contribution in [-0.2, 0) is 19.1 Å². The SMILES string of the molecule is CCOC(=O)[C@@H](N)CCCN=C(N)N.O=C1CC[C@@H](C(=O)O)N1. The predicted octanol–water partition coefficient (Wildman–Crippen LogP) is -1.72. The first-order valence-electron chi connectivity index (χ1n) is 7.27. The largest absolute Gasteiger partial charge is 0.480 e. The third kappa shape index (κ3) is 10.1. The summed E-state index contributed by atoms with van der Waals surface area (Å²) in [5.74, 6) is -1.44. The van der Waals surface area contributed by atoms with Crippen LogP contribution in [0.25, 0.3) is 0 Å². The van der Waals surface area contributed by atoms with Gasteiger partial charge in [0.2, 0.25) is 5.91 Å². The molecule has 0 bridgehead atoms. The van der Waals surface area contributed by atoms with Crippen molar-refractivity contribution in [2.45, 2.75) is 44.7 Å². The van der Waals surface area contributed by atoms with Crippen molar-refractivity contribution in [3.63, 3.8) is 0 Å². The Labute approximate surface area is 134 Å². The van der Waals surface area contributed by atoms with E-state index >= 15 is 0 Å². The van der Waals surface area contributed by atoms with Crippen molar-refractivity contribution in [2.75, 3.05) is 13.2 Å². The minimum Gasteiger partial charge on any atom is -0.480 e. The molecule has 0 aromatic heterocycles. The molecular formula is C13H25N5O5. The van der Waals surface area contributed by atoms with Crippen LogP contribution in [-0.4, -0.2) is 54.1 Å². The number of rotatable bonds is 7. The third-order valence-corrected chi connectivity index (χ3v) is 2.85. The van der Waals surface area contributed by atoms with E-state index in [9.17, 15) is 14.4 Å². The molecule has 1 saturated heterocycles. The van der Waals surface area contributed by atoms with Gasteiger partial charge in [-0.05, 0) is 26.2 Å². The summed E-state index contributed by atoms with van der Waals surface area (Å²) < 4.78 is 4.73. The maximum Gasteiger partial charge on any atom is 0.326 e. The van der Waals surface area contributed by atoms with Crippen molar-refractivity contribution >= 4 is 23.8 Å². The fourth-order valence-corrected chi connectivity index (χ4v) is 1.69. The average Bonchev–Trinajstić information content (AvgIpc) is 2.91. The van der Waals surface area contributed by atoms with Crippen molar-refractivity contribution in [3.8, 4) is 0 Å². The van der Waals surface area contributed by atoms with Gasteiger partial charge in [-0.15, -0.1) is 0 Å². The first kappa shape index (κ1) is 20.6. The van der Waals surface area contributed by atoms with E-state index in [1.165, 1.54) is 0 Å². The molecule has 1 amide bonds. The van der Waals surface area contributed by atoms with Crippen LogP contribution < -0.4 is 22.5 Å². The number of carboxylic acid groups (broad SMARTS) is 1. The number of esters is 1. The summed E-state index contributed by atoms with van der Waals surface area (Å²) in [6, 6.07) is -1.22. The van der Waals surface area contributed by atoms with Crippen LogP contribution in [0.5, 0.6) is 0 Å². The van der Waals surface area contributed by atoms with Gasteiger partial charge in [0.25, 0.3) is 0 Å². The van der Waals surface area contributed by atoms with Crippen molar-refractivity contribution in [3.05, 3.63) is 0 Å². The highest BCUT2D eigenvalue weighted by molar-refractivity contribution is 5.87. The number of nitrogens with one attached hydrogen (secondary N) is 1. The molecule has 1 aliphatic rings. The van der Waals surface area contributed by atoms with E-state index in [-0.39, 0.29) is 17.8 Å². The lowest BCUT2D eigenvalue weighted by Crippen LogP contribution is -2.32. The van der Waals surface area contributed by atoms with Crippen LogP contribution in [0.2, 0.25) is 0 Å². The summed E-state index contributed by atoms with van der Waals surface area (Å²) >= 11 is 0. The quantitative estimate of drug-likeness (QED) is 0.158. The second-order valence-corrected chi connectivity index (χ2v) is 4.80. The highest BCUT2D eigenvalue weighted by Crippen LogP contribution is 2.05. The summed E-state index contributed by atoms with van der Waals surface area (Å²) in [6.07, 6.45) is 1.96. The van der Waals surface area contributed by atoms with Gasteiger partial charge in [0.1, 0.15) is 12.1 Å². The molecule has 23 heavy (non-hydrogen) atoms. The molecule has 0 aliphatic carbocycles. The van der Waals surface area contributed by atoms with Gasteiger partial charge in [-0.3, -0.25) is 14.6 Å². The Bertz CT molecular complexity index is 436. The third-order valence-electron chi connectivity index (χ3n) is 2.85. The maximum absolute atomic E-state index is 11.0. The van der Waals surface area contributed by atoms with Gasteiger partial charge >= 0.3 is 11.9 Å². The van der Waals surface area contributed by atoms with Crippen molar-refractivity contribution < 1.29 is 24.2 Å². The Kier molecular flexibility index (Phi) is 10.1. The lowest BCUT2D eigenvalue weighted by atomic mass is 10.2. The van der Waals surface area contributed by atoms with Gasteiger partial charge in [0.05, 0.1) is 6.61 Å². The fourth-order valence-electron chi connectivity index (χ4n) is 1.69. The normalized spacial score (nSPS) is 17.3. The number of nitrogens with two attached hydrogens (primary N) is 3. The lowest BCUT2D eigenvalue weighted by Gasteiger charge is -2.08. The van der Waals surface area contributed by atoms with Crippen LogP contribution in [0.3, 0.4) is 0 Å². The Morgan fingerprint density at radius 2 is 2.13 bits per heavy atom. The molecule has 0 aromatic carbocycles. The first-order valence-corrected chi connectivity index (χ1v) is 7.27. The molecule has 1 rings (SSSR count). The van der Waals surface area contributed by atoms with E-state index in [2.05, 4.69) is 10.3 Å². The Balaban J connectivity index is 0.000000459. The zero-order valence-electron chi connectivity index (χ0n) is 13.2. The van der Waals surface area contributed by atoms with E-state index in [0.717, 1.165) is 0 Å². The summed E-state index contributed by atoms with van der Waals surface area (Å²) in [6.45, 7) is 2.57. The van der Waals surface area contributed by atoms with Crippen molar-refractivity contribution in [1.29, 1.82) is 0 Å². The number of aliphatic carboxylic acids is 1. The number of nitrogens with zero attached hydrogens (tertiary/aromatic N) is 1. The Hall–Kier alpha value is -2.36.